The zero-order valence-electron chi connectivity index (χ0n) is 16.2. The number of benzene rings is 2. The maximum absolute atomic E-state index is 12.3. The number of para-hydroxylation sites is 1. The number of amides is 3. The lowest BCUT2D eigenvalue weighted by Crippen LogP contribution is -2.41. The van der Waals surface area contributed by atoms with E-state index in [1.807, 2.05) is 43.3 Å². The predicted octanol–water partition coefficient (Wildman–Crippen LogP) is 4.29. The third-order valence-corrected chi connectivity index (χ3v) is 4.90. The predicted molar refractivity (Wildman–Crippen MR) is 114 cm³/mol. The van der Waals surface area contributed by atoms with Gasteiger partial charge in [0.1, 0.15) is 0 Å². The van der Waals surface area contributed by atoms with Crippen LogP contribution in [0.15, 0.2) is 53.7 Å². The Morgan fingerprint density at radius 3 is 2.48 bits per heavy atom. The average molecular weight is 415 g/mol. The van der Waals surface area contributed by atoms with Crippen LogP contribution in [0.3, 0.4) is 0 Å². The molecule has 7 nitrogen and oxygen atoms in total. The third kappa shape index (κ3) is 6.22. The molecule has 1 aliphatic heterocycles. The Bertz CT molecular complexity index is 892. The standard InChI is InChI=1S/C21H23ClN4O3/c1-15-7-8-18(13-19(15)22)23-20(27)14-29-25-17-9-11-26(12-10-17)21(28)24-16-5-3-2-4-6-16/h2-8,13H,9-12,14H2,1H3,(H,23,27)(H,24,28). The summed E-state index contributed by atoms with van der Waals surface area (Å²) < 4.78 is 0. The van der Waals surface area contributed by atoms with Gasteiger partial charge in [-0.2, -0.15) is 0 Å². The number of carbonyl (C=O) groups is 2. The number of piperidine rings is 1. The maximum Gasteiger partial charge on any atom is 0.321 e. The molecule has 152 valence electrons. The molecule has 1 fully saturated rings. The summed E-state index contributed by atoms with van der Waals surface area (Å²) >= 11 is 6.05. The number of halogens is 1. The SMILES string of the molecule is Cc1ccc(NC(=O)CON=C2CCN(C(=O)Nc3ccccc3)CC2)cc1Cl. The van der Waals surface area contributed by atoms with Gasteiger partial charge in [0, 0.05) is 42.3 Å². The van der Waals surface area contributed by atoms with Crippen molar-refractivity contribution in [1.82, 2.24) is 4.90 Å². The van der Waals surface area contributed by atoms with Crippen molar-refractivity contribution >= 4 is 40.6 Å². The van der Waals surface area contributed by atoms with Crippen molar-refractivity contribution in [3.05, 3.63) is 59.1 Å². The highest BCUT2D eigenvalue weighted by atomic mass is 35.5. The van der Waals surface area contributed by atoms with Crippen LogP contribution in [-0.4, -0.2) is 42.2 Å². The van der Waals surface area contributed by atoms with Crippen LogP contribution in [0.1, 0.15) is 18.4 Å². The van der Waals surface area contributed by atoms with E-state index in [1.165, 1.54) is 0 Å². The minimum Gasteiger partial charge on any atom is -0.386 e. The van der Waals surface area contributed by atoms with E-state index in [4.69, 9.17) is 16.4 Å². The zero-order valence-corrected chi connectivity index (χ0v) is 16.9. The van der Waals surface area contributed by atoms with Crippen LogP contribution in [0, 0.1) is 6.92 Å². The molecule has 0 spiro atoms. The number of aryl methyl sites for hydroxylation is 1. The van der Waals surface area contributed by atoms with Gasteiger partial charge in [0.05, 0.1) is 5.71 Å². The molecule has 1 aliphatic rings. The lowest BCUT2D eigenvalue weighted by Gasteiger charge is -2.27. The summed E-state index contributed by atoms with van der Waals surface area (Å²) in [7, 11) is 0. The fourth-order valence-electron chi connectivity index (χ4n) is 2.83. The lowest BCUT2D eigenvalue weighted by atomic mass is 10.1. The van der Waals surface area contributed by atoms with Gasteiger partial charge in [-0.3, -0.25) is 4.79 Å². The second-order valence-electron chi connectivity index (χ2n) is 6.73. The van der Waals surface area contributed by atoms with E-state index in [9.17, 15) is 9.59 Å². The number of hydrogen-bond acceptors (Lipinski definition) is 4. The normalized spacial score (nSPS) is 13.6. The molecule has 2 aromatic rings. The number of nitrogens with zero attached hydrogens (tertiary/aromatic N) is 2. The molecule has 0 bridgehead atoms. The van der Waals surface area contributed by atoms with E-state index < -0.39 is 0 Å². The molecule has 0 aromatic heterocycles. The summed E-state index contributed by atoms with van der Waals surface area (Å²) in [5.74, 6) is -0.311. The maximum atomic E-state index is 12.3. The minimum atomic E-state index is -0.311. The molecular formula is C21H23ClN4O3. The van der Waals surface area contributed by atoms with Gasteiger partial charge in [0.25, 0.3) is 5.91 Å². The van der Waals surface area contributed by atoms with Crippen molar-refractivity contribution in [1.29, 1.82) is 0 Å². The first kappa shape index (κ1) is 20.7. The number of nitrogens with one attached hydrogen (secondary N) is 2. The molecular weight excluding hydrogens is 392 g/mol. The summed E-state index contributed by atoms with van der Waals surface area (Å²) in [5.41, 5.74) is 3.15. The second-order valence-corrected chi connectivity index (χ2v) is 7.13. The minimum absolute atomic E-state index is 0.132. The molecule has 1 heterocycles. The Balaban J connectivity index is 1.39. The van der Waals surface area contributed by atoms with Gasteiger partial charge in [0.2, 0.25) is 0 Å². The highest BCUT2D eigenvalue weighted by Gasteiger charge is 2.20. The van der Waals surface area contributed by atoms with Crippen LogP contribution < -0.4 is 10.6 Å². The van der Waals surface area contributed by atoms with Crippen LogP contribution in [-0.2, 0) is 9.63 Å². The monoisotopic (exact) mass is 414 g/mol. The molecule has 0 radical (unpaired) electrons. The first-order chi connectivity index (χ1) is 14.0. The molecule has 2 N–H and O–H groups in total. The van der Waals surface area contributed by atoms with Gasteiger partial charge in [-0.1, -0.05) is 41.0 Å². The van der Waals surface area contributed by atoms with Crippen LogP contribution >= 0.6 is 11.6 Å². The molecule has 2 aromatic carbocycles. The van der Waals surface area contributed by atoms with Crippen molar-refractivity contribution in [2.45, 2.75) is 19.8 Å². The van der Waals surface area contributed by atoms with Crippen molar-refractivity contribution in [3.63, 3.8) is 0 Å². The number of hydrogen-bond donors (Lipinski definition) is 2. The Morgan fingerprint density at radius 2 is 1.79 bits per heavy atom. The number of carbonyl (C=O) groups excluding carboxylic acids is 2. The summed E-state index contributed by atoms with van der Waals surface area (Å²) in [6.07, 6.45) is 1.22. The number of oxime groups is 1. The Hall–Kier alpha value is -3.06. The summed E-state index contributed by atoms with van der Waals surface area (Å²) in [6, 6.07) is 14.5. The molecule has 0 aliphatic carbocycles. The van der Waals surface area contributed by atoms with Gasteiger partial charge >= 0.3 is 6.03 Å². The number of urea groups is 1. The molecule has 0 atom stereocenters. The van der Waals surface area contributed by atoms with Crippen molar-refractivity contribution in [3.8, 4) is 0 Å². The number of rotatable bonds is 5. The van der Waals surface area contributed by atoms with E-state index in [0.29, 0.717) is 36.6 Å². The van der Waals surface area contributed by atoms with Gasteiger partial charge in [-0.05, 0) is 36.8 Å². The molecule has 29 heavy (non-hydrogen) atoms. The van der Waals surface area contributed by atoms with Crippen LogP contribution in [0.5, 0.6) is 0 Å². The summed E-state index contributed by atoms with van der Waals surface area (Å²) in [5, 5.41) is 10.2. The highest BCUT2D eigenvalue weighted by Crippen LogP contribution is 2.19. The zero-order chi connectivity index (χ0) is 20.6. The fourth-order valence-corrected chi connectivity index (χ4v) is 3.01. The van der Waals surface area contributed by atoms with Crippen molar-refractivity contribution < 1.29 is 14.4 Å². The largest absolute Gasteiger partial charge is 0.386 e. The molecule has 0 saturated carbocycles. The van der Waals surface area contributed by atoms with Gasteiger partial charge in [0.15, 0.2) is 6.61 Å². The quantitative estimate of drug-likeness (QED) is 0.716. The van der Waals surface area contributed by atoms with Gasteiger partial charge < -0.3 is 20.4 Å². The smallest absolute Gasteiger partial charge is 0.321 e. The molecule has 1 saturated heterocycles. The molecule has 3 amide bonds. The average Bonchev–Trinajstić information content (AvgIpc) is 2.72. The fraction of sp³-hybridized carbons (Fsp3) is 0.286. The highest BCUT2D eigenvalue weighted by molar-refractivity contribution is 6.31. The van der Waals surface area contributed by atoms with Crippen molar-refractivity contribution in [2.75, 3.05) is 30.3 Å². The van der Waals surface area contributed by atoms with Crippen molar-refractivity contribution in [2.24, 2.45) is 5.16 Å². The first-order valence-electron chi connectivity index (χ1n) is 9.36. The topological polar surface area (TPSA) is 83.0 Å². The molecule has 8 heteroatoms. The number of anilines is 2. The third-order valence-electron chi connectivity index (χ3n) is 4.50. The van der Waals surface area contributed by atoms with Gasteiger partial charge in [-0.15, -0.1) is 0 Å². The lowest BCUT2D eigenvalue weighted by molar-refractivity contribution is -0.120. The summed E-state index contributed by atoms with van der Waals surface area (Å²) in [4.78, 5) is 31.1. The first-order valence-corrected chi connectivity index (χ1v) is 9.74. The Kier molecular flexibility index (Phi) is 7.08. The van der Waals surface area contributed by atoms with E-state index in [-0.39, 0.29) is 18.5 Å². The van der Waals surface area contributed by atoms with Crippen LogP contribution in [0.2, 0.25) is 5.02 Å². The van der Waals surface area contributed by atoms with E-state index >= 15 is 0 Å². The van der Waals surface area contributed by atoms with Crippen LogP contribution in [0.4, 0.5) is 16.2 Å². The second kappa shape index (κ2) is 9.93. The Morgan fingerprint density at radius 1 is 1.07 bits per heavy atom. The van der Waals surface area contributed by atoms with E-state index in [1.54, 1.807) is 17.0 Å². The molecule has 0 unspecified atom stereocenters. The van der Waals surface area contributed by atoms with Crippen LogP contribution in [0.25, 0.3) is 0 Å². The van der Waals surface area contributed by atoms with E-state index in [0.717, 1.165) is 17.0 Å². The van der Waals surface area contributed by atoms with Gasteiger partial charge in [-0.25, -0.2) is 4.79 Å². The molecule has 3 rings (SSSR count). The summed E-state index contributed by atoms with van der Waals surface area (Å²) in [6.45, 7) is 2.81. The van der Waals surface area contributed by atoms with E-state index in [2.05, 4.69) is 15.8 Å². The Labute approximate surface area is 174 Å². The number of likely N-dealkylation sites (tertiary alicyclic amines) is 1.